The number of carbonyl (C=O) groups is 2. The molecule has 0 bridgehead atoms. The first-order valence-electron chi connectivity index (χ1n) is 5.73. The van der Waals surface area contributed by atoms with Crippen molar-refractivity contribution < 1.29 is 23.8 Å². The number of rotatable bonds is 4. The van der Waals surface area contributed by atoms with Crippen LogP contribution in [0.2, 0.25) is 0 Å². The fourth-order valence-corrected chi connectivity index (χ4v) is 1.74. The molecular formula is C12H18FNO4. The van der Waals surface area contributed by atoms with Crippen LogP contribution in [0, 0.1) is 5.92 Å². The zero-order chi connectivity index (χ0) is 14.1. The number of aliphatic hydroxyl groups excluding tert-OH is 1. The van der Waals surface area contributed by atoms with Crippen molar-refractivity contribution in [3.8, 4) is 0 Å². The fourth-order valence-electron chi connectivity index (χ4n) is 1.74. The molecule has 1 aliphatic rings. The number of alkyl halides is 1. The summed E-state index contributed by atoms with van der Waals surface area (Å²) in [7, 11) is 0. The van der Waals surface area contributed by atoms with Gasteiger partial charge in [0.15, 0.2) is 0 Å². The Labute approximate surface area is 105 Å². The van der Waals surface area contributed by atoms with Crippen molar-refractivity contribution >= 4 is 12.0 Å². The molecular weight excluding hydrogens is 241 g/mol. The summed E-state index contributed by atoms with van der Waals surface area (Å²) in [5.41, 5.74) is -2.60. The topological polar surface area (TPSA) is 66.8 Å². The van der Waals surface area contributed by atoms with Crippen molar-refractivity contribution in [1.82, 2.24) is 4.90 Å². The summed E-state index contributed by atoms with van der Waals surface area (Å²) in [4.78, 5) is 24.3. The van der Waals surface area contributed by atoms with E-state index in [2.05, 4.69) is 6.58 Å². The summed E-state index contributed by atoms with van der Waals surface area (Å²) >= 11 is 0. The largest absolute Gasteiger partial charge is 0.447 e. The van der Waals surface area contributed by atoms with E-state index in [0.717, 1.165) is 17.9 Å². The Bertz CT molecular complexity index is 367. The molecule has 0 aromatic rings. The molecule has 3 atom stereocenters. The zero-order valence-electron chi connectivity index (χ0n) is 10.7. The van der Waals surface area contributed by atoms with Gasteiger partial charge in [-0.15, -0.1) is 6.58 Å². The van der Waals surface area contributed by atoms with Crippen molar-refractivity contribution in [3.63, 3.8) is 0 Å². The monoisotopic (exact) mass is 259 g/mol. The molecule has 0 aliphatic carbocycles. The molecule has 1 saturated heterocycles. The number of cyclic esters (lactones) is 1. The van der Waals surface area contributed by atoms with Crippen LogP contribution in [0.4, 0.5) is 9.18 Å². The number of nitrogens with zero attached hydrogens (tertiary/aromatic N) is 1. The minimum Gasteiger partial charge on any atom is -0.447 e. The van der Waals surface area contributed by atoms with Crippen molar-refractivity contribution in [3.05, 3.63) is 12.7 Å². The van der Waals surface area contributed by atoms with Crippen molar-refractivity contribution in [2.24, 2.45) is 5.92 Å². The molecule has 0 unspecified atom stereocenters. The number of halogens is 1. The third-order valence-electron chi connectivity index (χ3n) is 3.09. The first kappa shape index (κ1) is 14.6. The first-order chi connectivity index (χ1) is 8.23. The predicted octanol–water partition coefficient (Wildman–Crippen LogP) is 1.26. The highest BCUT2D eigenvalue weighted by molar-refractivity contribution is 5.98. The fraction of sp³-hybridized carbons (Fsp3) is 0.667. The molecule has 1 fully saturated rings. The molecule has 0 spiro atoms. The number of imide groups is 1. The molecule has 1 aliphatic heterocycles. The SMILES string of the molecule is C=C[C@@H](O)[C@@](C)(F)C(=O)N1C(=O)OC[C@@H]1C(C)C. The summed E-state index contributed by atoms with van der Waals surface area (Å²) in [6.45, 7) is 7.79. The van der Waals surface area contributed by atoms with Crippen molar-refractivity contribution in [1.29, 1.82) is 0 Å². The maximum atomic E-state index is 14.2. The quantitative estimate of drug-likeness (QED) is 0.772. The number of aliphatic hydroxyl groups is 1. The Morgan fingerprint density at radius 2 is 2.28 bits per heavy atom. The van der Waals surface area contributed by atoms with E-state index in [0.29, 0.717) is 0 Å². The molecule has 18 heavy (non-hydrogen) atoms. The van der Waals surface area contributed by atoms with Gasteiger partial charge in [0.05, 0.1) is 6.04 Å². The van der Waals surface area contributed by atoms with Gasteiger partial charge in [0.1, 0.15) is 12.7 Å². The van der Waals surface area contributed by atoms with Gasteiger partial charge < -0.3 is 9.84 Å². The van der Waals surface area contributed by atoms with Crippen molar-refractivity contribution in [2.45, 2.75) is 38.6 Å². The smallest absolute Gasteiger partial charge is 0.417 e. The van der Waals surface area contributed by atoms with Crippen LogP contribution in [0.25, 0.3) is 0 Å². The van der Waals surface area contributed by atoms with E-state index in [-0.39, 0.29) is 12.5 Å². The van der Waals surface area contributed by atoms with Gasteiger partial charge in [0.25, 0.3) is 5.91 Å². The summed E-state index contributed by atoms with van der Waals surface area (Å²) in [6.07, 6.45) is -1.63. The van der Waals surface area contributed by atoms with Gasteiger partial charge >= 0.3 is 6.09 Å². The molecule has 0 radical (unpaired) electrons. The van der Waals surface area contributed by atoms with Crippen LogP contribution >= 0.6 is 0 Å². The standard InChI is InChI=1S/C12H18FNO4/c1-5-9(15)12(4,13)10(16)14-8(7(2)3)6-18-11(14)17/h5,7-9,15H,1,6H2,2-4H3/t8-,9-,12-/m1/s1. The Morgan fingerprint density at radius 3 is 2.72 bits per heavy atom. The zero-order valence-corrected chi connectivity index (χ0v) is 10.7. The Kier molecular flexibility index (Phi) is 4.11. The minimum absolute atomic E-state index is 0.0442. The van der Waals surface area contributed by atoms with E-state index in [1.165, 1.54) is 0 Å². The maximum absolute atomic E-state index is 14.2. The molecule has 0 aromatic carbocycles. The molecule has 1 heterocycles. The Balaban J connectivity index is 3.01. The molecule has 1 rings (SSSR count). The minimum atomic E-state index is -2.60. The highest BCUT2D eigenvalue weighted by Gasteiger charge is 2.50. The average molecular weight is 259 g/mol. The number of hydrogen-bond donors (Lipinski definition) is 1. The summed E-state index contributed by atoms with van der Waals surface area (Å²) in [5, 5.41) is 9.43. The normalized spacial score (nSPS) is 24.7. The average Bonchev–Trinajstić information content (AvgIpc) is 2.68. The van der Waals surface area contributed by atoms with E-state index in [1.54, 1.807) is 13.8 Å². The second kappa shape index (κ2) is 5.06. The first-order valence-corrected chi connectivity index (χ1v) is 5.73. The van der Waals surface area contributed by atoms with Crippen LogP contribution in [0.15, 0.2) is 12.7 Å². The summed E-state index contributed by atoms with van der Waals surface area (Å²) in [6, 6.07) is -0.517. The van der Waals surface area contributed by atoms with Gasteiger partial charge in [0.2, 0.25) is 5.67 Å². The lowest BCUT2D eigenvalue weighted by Crippen LogP contribution is -2.54. The van der Waals surface area contributed by atoms with Crippen molar-refractivity contribution in [2.75, 3.05) is 6.61 Å². The molecule has 0 saturated carbocycles. The van der Waals surface area contributed by atoms with Crippen LogP contribution in [-0.2, 0) is 9.53 Å². The van der Waals surface area contributed by atoms with Gasteiger partial charge in [-0.25, -0.2) is 14.1 Å². The van der Waals surface area contributed by atoms with Gasteiger partial charge in [0, 0.05) is 0 Å². The summed E-state index contributed by atoms with van der Waals surface area (Å²) < 4.78 is 19.0. The van der Waals surface area contributed by atoms with Crippen LogP contribution in [0.3, 0.4) is 0 Å². The van der Waals surface area contributed by atoms with E-state index in [4.69, 9.17) is 4.74 Å². The van der Waals surface area contributed by atoms with E-state index < -0.39 is 29.8 Å². The molecule has 2 amide bonds. The maximum Gasteiger partial charge on any atom is 0.417 e. The highest BCUT2D eigenvalue weighted by atomic mass is 19.1. The van der Waals surface area contributed by atoms with Gasteiger partial charge in [-0.3, -0.25) is 4.79 Å². The lowest BCUT2D eigenvalue weighted by molar-refractivity contribution is -0.146. The van der Waals surface area contributed by atoms with Crippen LogP contribution in [-0.4, -0.2) is 46.4 Å². The summed E-state index contributed by atoms with van der Waals surface area (Å²) in [5.74, 6) is -1.16. The predicted molar refractivity (Wildman–Crippen MR) is 62.5 cm³/mol. The number of amides is 2. The molecule has 102 valence electrons. The van der Waals surface area contributed by atoms with Crippen LogP contribution in [0.1, 0.15) is 20.8 Å². The number of carbonyl (C=O) groups excluding carboxylic acids is 2. The second-order valence-electron chi connectivity index (χ2n) is 4.82. The number of hydrogen-bond acceptors (Lipinski definition) is 4. The van der Waals surface area contributed by atoms with E-state index in [1.807, 2.05) is 0 Å². The van der Waals surface area contributed by atoms with Crippen LogP contribution in [0.5, 0.6) is 0 Å². The second-order valence-corrected chi connectivity index (χ2v) is 4.82. The van der Waals surface area contributed by atoms with Gasteiger partial charge in [-0.1, -0.05) is 19.9 Å². The third-order valence-corrected chi connectivity index (χ3v) is 3.09. The molecule has 5 nitrogen and oxygen atoms in total. The molecule has 1 N–H and O–H groups in total. The Morgan fingerprint density at radius 1 is 1.72 bits per heavy atom. The number of ether oxygens (including phenoxy) is 1. The van der Waals surface area contributed by atoms with Gasteiger partial charge in [-0.2, -0.15) is 0 Å². The van der Waals surface area contributed by atoms with Crippen LogP contribution < -0.4 is 0 Å². The van der Waals surface area contributed by atoms with E-state index in [9.17, 15) is 19.1 Å². The molecule has 6 heteroatoms. The lowest BCUT2D eigenvalue weighted by Gasteiger charge is -2.30. The Hall–Kier alpha value is -1.43. The lowest BCUT2D eigenvalue weighted by atomic mass is 9.97. The molecule has 0 aromatic heterocycles. The third kappa shape index (κ3) is 2.38. The van der Waals surface area contributed by atoms with E-state index >= 15 is 0 Å². The van der Waals surface area contributed by atoms with Gasteiger partial charge in [-0.05, 0) is 12.8 Å². The highest BCUT2D eigenvalue weighted by Crippen LogP contribution is 2.27.